The van der Waals surface area contributed by atoms with E-state index in [1.54, 1.807) is 5.48 Å². The zero-order valence-corrected chi connectivity index (χ0v) is 10.3. The van der Waals surface area contributed by atoms with E-state index in [9.17, 15) is 9.59 Å². The van der Waals surface area contributed by atoms with Gasteiger partial charge in [-0.2, -0.15) is 11.8 Å². The number of thioether (sulfide) groups is 1. The van der Waals surface area contributed by atoms with E-state index in [-0.39, 0.29) is 24.0 Å². The highest BCUT2D eigenvalue weighted by atomic mass is 32.2. The number of carbonyl (C=O) groups excluding carboxylic acids is 2. The average molecular weight is 259 g/mol. The fourth-order valence-corrected chi connectivity index (χ4v) is 3.87. The molecule has 3 amide bonds. The maximum absolute atomic E-state index is 11.1. The fraction of sp³-hybridized carbons (Fsp3) is 0.800. The van der Waals surface area contributed by atoms with E-state index in [2.05, 4.69) is 10.6 Å². The number of hydrogen-bond donors (Lipinski definition) is 4. The first kappa shape index (κ1) is 12.5. The predicted octanol–water partition coefficient (Wildman–Crippen LogP) is 0.218. The quantitative estimate of drug-likeness (QED) is 0.246. The standard InChI is InChI=1S/C10H17N3O3S/c14-8(13-16)4-2-1-3-7-9-6(5-17-7)11-10(15)12-9/h6-7,9,16H,1-5H2,(H,13,14)(H2,11,12,15)/t6-,7-,9-/m0/s1. The van der Waals surface area contributed by atoms with Crippen molar-refractivity contribution in [1.29, 1.82) is 0 Å². The lowest BCUT2D eigenvalue weighted by Gasteiger charge is -2.16. The molecule has 0 aliphatic carbocycles. The van der Waals surface area contributed by atoms with Crippen LogP contribution in [0.5, 0.6) is 0 Å². The summed E-state index contributed by atoms with van der Waals surface area (Å²) in [6.45, 7) is 0. The van der Waals surface area contributed by atoms with Crippen molar-refractivity contribution in [3.8, 4) is 0 Å². The molecule has 0 aromatic carbocycles. The second-order valence-corrected chi connectivity index (χ2v) is 5.67. The zero-order chi connectivity index (χ0) is 12.3. The van der Waals surface area contributed by atoms with Crippen LogP contribution in [-0.2, 0) is 4.79 Å². The van der Waals surface area contributed by atoms with Crippen LogP contribution in [0.15, 0.2) is 0 Å². The van der Waals surface area contributed by atoms with Crippen molar-refractivity contribution in [3.05, 3.63) is 0 Å². The Morgan fingerprint density at radius 1 is 1.47 bits per heavy atom. The van der Waals surface area contributed by atoms with Gasteiger partial charge in [-0.25, -0.2) is 10.3 Å². The third-order valence-electron chi connectivity index (χ3n) is 3.21. The Labute approximate surface area is 104 Å². The molecule has 0 aromatic rings. The zero-order valence-electron chi connectivity index (χ0n) is 9.44. The molecule has 2 aliphatic heterocycles. The number of carbonyl (C=O) groups is 2. The topological polar surface area (TPSA) is 90.5 Å². The van der Waals surface area contributed by atoms with Crippen molar-refractivity contribution in [3.63, 3.8) is 0 Å². The number of urea groups is 1. The first-order valence-corrected chi connectivity index (χ1v) is 6.87. The van der Waals surface area contributed by atoms with E-state index in [4.69, 9.17) is 5.21 Å². The first-order valence-electron chi connectivity index (χ1n) is 5.82. The minimum absolute atomic E-state index is 0.0649. The first-order chi connectivity index (χ1) is 8.20. The monoisotopic (exact) mass is 259 g/mol. The molecule has 2 heterocycles. The Kier molecular flexibility index (Phi) is 4.11. The Morgan fingerprint density at radius 3 is 3.06 bits per heavy atom. The summed E-state index contributed by atoms with van der Waals surface area (Å²) in [7, 11) is 0. The third-order valence-corrected chi connectivity index (χ3v) is 4.71. The number of hydroxylamine groups is 1. The van der Waals surface area contributed by atoms with Crippen LogP contribution in [0.25, 0.3) is 0 Å². The molecule has 0 bridgehead atoms. The van der Waals surface area contributed by atoms with Gasteiger partial charge in [0.25, 0.3) is 0 Å². The summed E-state index contributed by atoms with van der Waals surface area (Å²) < 4.78 is 0. The normalized spacial score (nSPS) is 30.6. The van der Waals surface area contributed by atoms with Gasteiger partial charge in [-0.05, 0) is 12.8 Å². The Morgan fingerprint density at radius 2 is 2.29 bits per heavy atom. The fourth-order valence-electron chi connectivity index (χ4n) is 2.33. The average Bonchev–Trinajstić information content (AvgIpc) is 2.84. The van der Waals surface area contributed by atoms with E-state index in [0.29, 0.717) is 11.7 Å². The molecule has 2 fully saturated rings. The number of amides is 3. The minimum atomic E-state index is -0.335. The van der Waals surface area contributed by atoms with Gasteiger partial charge >= 0.3 is 6.03 Å². The van der Waals surface area contributed by atoms with Gasteiger partial charge in [-0.15, -0.1) is 0 Å². The molecule has 0 saturated carbocycles. The maximum Gasteiger partial charge on any atom is 0.315 e. The van der Waals surface area contributed by atoms with Gasteiger partial charge < -0.3 is 10.6 Å². The molecule has 0 radical (unpaired) electrons. The highest BCUT2D eigenvalue weighted by molar-refractivity contribution is 8.00. The van der Waals surface area contributed by atoms with E-state index in [1.165, 1.54) is 0 Å². The minimum Gasteiger partial charge on any atom is -0.332 e. The Bertz CT molecular complexity index is 313. The highest BCUT2D eigenvalue weighted by Gasteiger charge is 2.42. The Balaban J connectivity index is 1.66. The molecule has 2 aliphatic rings. The van der Waals surface area contributed by atoms with Gasteiger partial charge in [-0.3, -0.25) is 10.0 Å². The maximum atomic E-state index is 11.1. The van der Waals surface area contributed by atoms with Crippen LogP contribution in [0.2, 0.25) is 0 Å². The van der Waals surface area contributed by atoms with Crippen molar-refractivity contribution in [2.75, 3.05) is 5.75 Å². The van der Waals surface area contributed by atoms with E-state index >= 15 is 0 Å². The molecule has 2 rings (SSSR count). The van der Waals surface area contributed by atoms with Gasteiger partial charge in [-0.1, -0.05) is 6.42 Å². The van der Waals surface area contributed by atoms with Crippen LogP contribution < -0.4 is 16.1 Å². The summed E-state index contributed by atoms with van der Waals surface area (Å²) in [5, 5.41) is 14.6. The molecule has 3 atom stereocenters. The number of rotatable bonds is 5. The molecule has 0 unspecified atom stereocenters. The number of fused-ring (bicyclic) bond motifs is 1. The molecule has 6 nitrogen and oxygen atoms in total. The van der Waals surface area contributed by atoms with E-state index in [0.717, 1.165) is 25.0 Å². The summed E-state index contributed by atoms with van der Waals surface area (Å²) in [6, 6.07) is 0.433. The van der Waals surface area contributed by atoms with Crippen molar-refractivity contribution in [2.45, 2.75) is 43.0 Å². The molecule has 17 heavy (non-hydrogen) atoms. The van der Waals surface area contributed by atoms with Crippen LogP contribution in [0.3, 0.4) is 0 Å². The molecule has 96 valence electrons. The smallest absolute Gasteiger partial charge is 0.315 e. The summed E-state index contributed by atoms with van der Waals surface area (Å²) in [5.74, 6) is 0.628. The van der Waals surface area contributed by atoms with Gasteiger partial charge in [0, 0.05) is 17.4 Å². The second-order valence-electron chi connectivity index (χ2n) is 4.40. The summed E-state index contributed by atoms with van der Waals surface area (Å²) in [5.41, 5.74) is 1.63. The van der Waals surface area contributed by atoms with Crippen molar-refractivity contribution in [1.82, 2.24) is 16.1 Å². The molecule has 0 spiro atoms. The number of hydrogen-bond acceptors (Lipinski definition) is 4. The van der Waals surface area contributed by atoms with Crippen LogP contribution in [-0.4, -0.2) is 40.2 Å². The third kappa shape index (κ3) is 3.04. The number of unbranched alkanes of at least 4 members (excludes halogenated alkanes) is 1. The molecular formula is C10H17N3O3S. The lowest BCUT2D eigenvalue weighted by atomic mass is 10.0. The second kappa shape index (κ2) is 5.59. The lowest BCUT2D eigenvalue weighted by molar-refractivity contribution is -0.129. The largest absolute Gasteiger partial charge is 0.332 e. The highest BCUT2D eigenvalue weighted by Crippen LogP contribution is 2.33. The summed E-state index contributed by atoms with van der Waals surface area (Å²) in [6.07, 6.45) is 3.05. The number of nitrogens with one attached hydrogen (secondary N) is 3. The molecule has 0 aromatic heterocycles. The molecule has 2 saturated heterocycles. The van der Waals surface area contributed by atoms with Crippen LogP contribution in [0.1, 0.15) is 25.7 Å². The molecule has 4 N–H and O–H groups in total. The van der Waals surface area contributed by atoms with Gasteiger partial charge in [0.05, 0.1) is 12.1 Å². The van der Waals surface area contributed by atoms with E-state index < -0.39 is 0 Å². The van der Waals surface area contributed by atoms with Crippen LogP contribution in [0, 0.1) is 0 Å². The SMILES string of the molecule is O=C(CCCC[C@@H]1SC[C@@H]2NC(=O)N[C@@H]21)NO. The summed E-state index contributed by atoms with van der Waals surface area (Å²) in [4.78, 5) is 21.9. The van der Waals surface area contributed by atoms with Crippen LogP contribution >= 0.6 is 11.8 Å². The molecular weight excluding hydrogens is 242 g/mol. The van der Waals surface area contributed by atoms with Gasteiger partial charge in [0.2, 0.25) is 5.91 Å². The summed E-state index contributed by atoms with van der Waals surface area (Å²) >= 11 is 1.87. The van der Waals surface area contributed by atoms with Crippen molar-refractivity contribution >= 4 is 23.7 Å². The van der Waals surface area contributed by atoms with Crippen molar-refractivity contribution in [2.24, 2.45) is 0 Å². The van der Waals surface area contributed by atoms with Crippen LogP contribution in [0.4, 0.5) is 4.79 Å². The predicted molar refractivity (Wildman–Crippen MR) is 63.9 cm³/mol. The van der Waals surface area contributed by atoms with Gasteiger partial charge in [0.15, 0.2) is 0 Å². The van der Waals surface area contributed by atoms with Gasteiger partial charge in [0.1, 0.15) is 0 Å². The molecule has 7 heteroatoms. The lowest BCUT2D eigenvalue weighted by Crippen LogP contribution is -2.36. The van der Waals surface area contributed by atoms with Crippen molar-refractivity contribution < 1.29 is 14.8 Å². The van der Waals surface area contributed by atoms with E-state index in [1.807, 2.05) is 11.8 Å². The Hall–Kier alpha value is -0.950.